The van der Waals surface area contributed by atoms with Gasteiger partial charge in [0, 0.05) is 25.3 Å². The number of nitrogens with zero attached hydrogens (tertiary/aromatic N) is 2. The van der Waals surface area contributed by atoms with Crippen LogP contribution in [-0.4, -0.2) is 62.1 Å². The molecule has 2 aliphatic rings. The van der Waals surface area contributed by atoms with Crippen molar-refractivity contribution in [2.75, 3.05) is 49.6 Å². The highest BCUT2D eigenvalue weighted by Crippen LogP contribution is 2.39. The summed E-state index contributed by atoms with van der Waals surface area (Å²) < 4.78 is 46.1. The number of hydrogen-bond acceptors (Lipinski definition) is 5. The van der Waals surface area contributed by atoms with Crippen molar-refractivity contribution in [3.63, 3.8) is 0 Å². The first-order valence-electron chi connectivity index (χ1n) is 10.1. The van der Waals surface area contributed by atoms with Gasteiger partial charge in [0.15, 0.2) is 0 Å². The number of anilines is 2. The maximum absolute atomic E-state index is 13.7. The van der Waals surface area contributed by atoms with Crippen LogP contribution in [0.4, 0.5) is 24.5 Å². The second-order valence-electron chi connectivity index (χ2n) is 7.60. The van der Waals surface area contributed by atoms with Crippen molar-refractivity contribution in [2.45, 2.75) is 32.0 Å². The Bertz CT molecular complexity index is 783. The van der Waals surface area contributed by atoms with E-state index in [0.717, 1.165) is 30.4 Å². The third kappa shape index (κ3) is 5.30. The number of benzene rings is 1. The van der Waals surface area contributed by atoms with Gasteiger partial charge in [0.1, 0.15) is 12.6 Å². The van der Waals surface area contributed by atoms with Gasteiger partial charge in [-0.3, -0.25) is 14.5 Å². The average molecular weight is 428 g/mol. The van der Waals surface area contributed by atoms with E-state index < -0.39 is 29.6 Å². The molecule has 166 valence electrons. The topological polar surface area (TPSA) is 87.9 Å². The van der Waals surface area contributed by atoms with Crippen molar-refractivity contribution in [2.24, 2.45) is 11.7 Å². The summed E-state index contributed by atoms with van der Waals surface area (Å²) in [6, 6.07) is 2.82. The molecule has 1 atom stereocenters. The number of rotatable bonds is 8. The molecule has 3 N–H and O–H groups in total. The molecule has 3 rings (SSSR count). The molecule has 0 radical (unpaired) electrons. The fourth-order valence-corrected chi connectivity index (χ4v) is 3.61. The fraction of sp³-hybridized carbons (Fsp3) is 0.600. The van der Waals surface area contributed by atoms with Crippen LogP contribution in [0.15, 0.2) is 18.2 Å². The third-order valence-corrected chi connectivity index (χ3v) is 5.41. The van der Waals surface area contributed by atoms with E-state index in [0.29, 0.717) is 12.5 Å². The molecule has 1 saturated heterocycles. The number of amides is 2. The molecule has 1 aromatic carbocycles. The van der Waals surface area contributed by atoms with Crippen molar-refractivity contribution >= 4 is 23.2 Å². The molecule has 1 aliphatic heterocycles. The summed E-state index contributed by atoms with van der Waals surface area (Å²) in [7, 11) is 0. The minimum absolute atomic E-state index is 0.0118. The predicted molar refractivity (Wildman–Crippen MR) is 106 cm³/mol. The number of nitrogens with one attached hydrogen (secondary N) is 1. The van der Waals surface area contributed by atoms with Gasteiger partial charge in [-0.2, -0.15) is 13.2 Å². The summed E-state index contributed by atoms with van der Waals surface area (Å²) in [6.45, 7) is 3.30. The van der Waals surface area contributed by atoms with Gasteiger partial charge >= 0.3 is 6.18 Å². The molecule has 30 heavy (non-hydrogen) atoms. The van der Waals surface area contributed by atoms with E-state index in [2.05, 4.69) is 5.32 Å². The van der Waals surface area contributed by atoms with Crippen molar-refractivity contribution in [3.8, 4) is 0 Å². The molecule has 1 aromatic rings. The predicted octanol–water partition coefficient (Wildman–Crippen LogP) is 2.07. The zero-order valence-corrected chi connectivity index (χ0v) is 16.9. The van der Waals surface area contributed by atoms with Gasteiger partial charge in [-0.25, -0.2) is 0 Å². The Morgan fingerprint density at radius 3 is 2.70 bits per heavy atom. The first kappa shape index (κ1) is 22.5. The zero-order chi connectivity index (χ0) is 21.9. The van der Waals surface area contributed by atoms with E-state index >= 15 is 0 Å². The van der Waals surface area contributed by atoms with Crippen LogP contribution < -0.4 is 16.0 Å². The lowest BCUT2D eigenvalue weighted by molar-refractivity contribution is -0.137. The minimum atomic E-state index is -4.69. The highest BCUT2D eigenvalue weighted by Gasteiger charge is 2.37. The quantitative estimate of drug-likeness (QED) is 0.662. The number of ether oxygens (including phenoxy) is 1. The van der Waals surface area contributed by atoms with E-state index in [-0.39, 0.29) is 37.7 Å². The molecule has 1 heterocycles. The minimum Gasteiger partial charge on any atom is -0.370 e. The summed E-state index contributed by atoms with van der Waals surface area (Å²) in [5, 5.41) is 2.57. The standard InChI is InChI=1S/C20H27F3N4O3/c1-2-26(11-13-3-4-13)17(10-24)19(29)25-14-5-6-16(15(9-14)20(21,22)23)27-7-8-30-12-18(27)28/h5-6,9,13,17H,2-4,7-8,10-12,24H2,1H3,(H,25,29)/t17-/m0/s1. The van der Waals surface area contributed by atoms with Gasteiger partial charge in [0.25, 0.3) is 5.91 Å². The van der Waals surface area contributed by atoms with Crippen LogP contribution in [0.1, 0.15) is 25.3 Å². The van der Waals surface area contributed by atoms with Gasteiger partial charge in [-0.05, 0) is 43.5 Å². The number of halogens is 3. The number of hydrogen-bond donors (Lipinski definition) is 2. The van der Waals surface area contributed by atoms with Crippen LogP contribution in [0.3, 0.4) is 0 Å². The summed E-state index contributed by atoms with van der Waals surface area (Å²) in [5.41, 5.74) is 4.59. The van der Waals surface area contributed by atoms with E-state index in [1.807, 2.05) is 11.8 Å². The van der Waals surface area contributed by atoms with Crippen LogP contribution in [0, 0.1) is 5.92 Å². The molecule has 10 heteroatoms. The van der Waals surface area contributed by atoms with Gasteiger partial charge in [-0.1, -0.05) is 6.92 Å². The van der Waals surface area contributed by atoms with Gasteiger partial charge < -0.3 is 20.7 Å². The number of likely N-dealkylation sites (N-methyl/N-ethyl adjacent to an activating group) is 1. The number of carbonyl (C=O) groups excluding carboxylic acids is 2. The van der Waals surface area contributed by atoms with Gasteiger partial charge in [0.05, 0.1) is 17.9 Å². The Morgan fingerprint density at radius 2 is 2.13 bits per heavy atom. The molecule has 2 amide bonds. The number of nitrogens with two attached hydrogens (primary N) is 1. The largest absolute Gasteiger partial charge is 0.418 e. The van der Waals surface area contributed by atoms with E-state index in [1.54, 1.807) is 0 Å². The SMILES string of the molecule is CCN(CC1CC1)[C@@H](CN)C(=O)Nc1ccc(N2CCOCC2=O)c(C(F)(F)F)c1. The highest BCUT2D eigenvalue weighted by molar-refractivity contribution is 5.98. The van der Waals surface area contributed by atoms with Crippen LogP contribution in [0.5, 0.6) is 0 Å². The maximum Gasteiger partial charge on any atom is 0.418 e. The van der Waals surface area contributed by atoms with Gasteiger partial charge in [0.2, 0.25) is 5.91 Å². The smallest absolute Gasteiger partial charge is 0.370 e. The van der Waals surface area contributed by atoms with E-state index in [4.69, 9.17) is 10.5 Å². The first-order chi connectivity index (χ1) is 14.2. The van der Waals surface area contributed by atoms with Crippen molar-refractivity contribution < 1.29 is 27.5 Å². The summed E-state index contributed by atoms with van der Waals surface area (Å²) in [5.74, 6) is -0.428. The lowest BCUT2D eigenvalue weighted by Crippen LogP contribution is -2.49. The number of morpholine rings is 1. The molecule has 0 unspecified atom stereocenters. The molecule has 0 aromatic heterocycles. The Balaban J connectivity index is 1.81. The van der Waals surface area contributed by atoms with Crippen LogP contribution in [-0.2, 0) is 20.5 Å². The van der Waals surface area contributed by atoms with Crippen LogP contribution in [0.25, 0.3) is 0 Å². The summed E-state index contributed by atoms with van der Waals surface area (Å²) in [6.07, 6.45) is -2.46. The Hall–Kier alpha value is -2.17. The second-order valence-corrected chi connectivity index (χ2v) is 7.60. The molecule has 7 nitrogen and oxygen atoms in total. The fourth-order valence-electron chi connectivity index (χ4n) is 3.61. The molecule has 1 saturated carbocycles. The Labute approximate surface area is 173 Å². The highest BCUT2D eigenvalue weighted by atomic mass is 19.4. The molecular weight excluding hydrogens is 401 g/mol. The second kappa shape index (κ2) is 9.32. The maximum atomic E-state index is 13.7. The third-order valence-electron chi connectivity index (χ3n) is 5.41. The first-order valence-corrected chi connectivity index (χ1v) is 10.1. The summed E-state index contributed by atoms with van der Waals surface area (Å²) in [4.78, 5) is 27.8. The number of alkyl halides is 3. The van der Waals surface area contributed by atoms with Gasteiger partial charge in [-0.15, -0.1) is 0 Å². The molecule has 1 aliphatic carbocycles. The molecule has 0 spiro atoms. The lowest BCUT2D eigenvalue weighted by atomic mass is 10.1. The van der Waals surface area contributed by atoms with E-state index in [9.17, 15) is 22.8 Å². The average Bonchev–Trinajstić information content (AvgIpc) is 3.52. The van der Waals surface area contributed by atoms with Crippen molar-refractivity contribution in [1.29, 1.82) is 0 Å². The monoisotopic (exact) mass is 428 g/mol. The zero-order valence-electron chi connectivity index (χ0n) is 16.9. The molecular formula is C20H27F3N4O3. The van der Waals surface area contributed by atoms with Crippen LogP contribution in [0.2, 0.25) is 0 Å². The summed E-state index contributed by atoms with van der Waals surface area (Å²) >= 11 is 0. The Kier molecular flexibility index (Phi) is 6.99. The molecule has 0 bridgehead atoms. The van der Waals surface area contributed by atoms with Crippen molar-refractivity contribution in [1.82, 2.24) is 4.90 Å². The number of carbonyl (C=O) groups is 2. The normalized spacial score (nSPS) is 18.6. The molecule has 2 fully saturated rings. The Morgan fingerprint density at radius 1 is 1.40 bits per heavy atom. The van der Waals surface area contributed by atoms with E-state index in [1.165, 1.54) is 12.1 Å². The van der Waals surface area contributed by atoms with Crippen LogP contribution >= 0.6 is 0 Å². The van der Waals surface area contributed by atoms with Crippen molar-refractivity contribution in [3.05, 3.63) is 23.8 Å². The lowest BCUT2D eigenvalue weighted by Gasteiger charge is -2.30.